The van der Waals surface area contributed by atoms with E-state index in [9.17, 15) is 9.59 Å². The number of hydrogen-bond acceptors (Lipinski definition) is 6. The van der Waals surface area contributed by atoms with Gasteiger partial charge in [-0.3, -0.25) is 0 Å². The van der Waals surface area contributed by atoms with E-state index in [4.69, 9.17) is 9.47 Å². The van der Waals surface area contributed by atoms with E-state index >= 15 is 0 Å². The van der Waals surface area contributed by atoms with Crippen molar-refractivity contribution in [1.82, 2.24) is 19.9 Å². The van der Waals surface area contributed by atoms with Gasteiger partial charge in [0.15, 0.2) is 0 Å². The number of ether oxygens (including phenoxy) is 2. The molecule has 0 fully saturated rings. The third-order valence-electron chi connectivity index (χ3n) is 4.36. The monoisotopic (exact) mass is 410 g/mol. The topological polar surface area (TPSA) is 94.8 Å². The van der Waals surface area contributed by atoms with Crippen LogP contribution in [0.2, 0.25) is 0 Å². The van der Waals surface area contributed by atoms with Crippen LogP contribution in [0.15, 0.2) is 36.8 Å². The van der Waals surface area contributed by atoms with Crippen LogP contribution in [0.1, 0.15) is 37.5 Å². The first kappa shape index (κ1) is 21.4. The van der Waals surface area contributed by atoms with Crippen LogP contribution in [0, 0.1) is 6.92 Å². The number of fused-ring (bicyclic) bond motifs is 1. The van der Waals surface area contributed by atoms with Crippen LogP contribution in [0.5, 0.6) is 0 Å². The molecule has 0 atom stereocenters. The molecule has 0 spiro atoms. The molecule has 0 aliphatic carbocycles. The predicted molar refractivity (Wildman–Crippen MR) is 112 cm³/mol. The average molecular weight is 410 g/mol. The fourth-order valence-corrected chi connectivity index (χ4v) is 3.03. The summed E-state index contributed by atoms with van der Waals surface area (Å²) in [7, 11) is 0. The number of aldehydes is 1. The maximum atomic E-state index is 11.9. The Morgan fingerprint density at radius 1 is 1.27 bits per heavy atom. The summed E-state index contributed by atoms with van der Waals surface area (Å²) >= 11 is 0. The molecule has 2 heterocycles. The maximum Gasteiger partial charge on any atom is 0.407 e. The van der Waals surface area contributed by atoms with Crippen molar-refractivity contribution in [2.75, 3.05) is 6.61 Å². The fraction of sp³-hybridized carbons (Fsp3) is 0.364. The third kappa shape index (κ3) is 5.42. The van der Waals surface area contributed by atoms with Crippen molar-refractivity contribution in [2.24, 2.45) is 0 Å². The molecule has 3 aromatic rings. The van der Waals surface area contributed by atoms with Crippen LogP contribution in [0.4, 0.5) is 4.79 Å². The second-order valence-electron chi connectivity index (χ2n) is 7.97. The minimum absolute atomic E-state index is 0.0582. The normalized spacial score (nSPS) is 11.5. The number of carbonyl (C=O) groups excluding carboxylic acids is 2. The number of aromatic nitrogens is 3. The van der Waals surface area contributed by atoms with Gasteiger partial charge in [0.25, 0.3) is 0 Å². The van der Waals surface area contributed by atoms with Crippen molar-refractivity contribution in [3.05, 3.63) is 53.5 Å². The lowest BCUT2D eigenvalue weighted by molar-refractivity contribution is -0.112. The molecule has 1 N–H and O–H groups in total. The zero-order valence-electron chi connectivity index (χ0n) is 17.6. The number of benzene rings is 1. The van der Waals surface area contributed by atoms with Crippen molar-refractivity contribution < 1.29 is 19.1 Å². The van der Waals surface area contributed by atoms with Crippen molar-refractivity contribution in [3.8, 4) is 11.3 Å². The van der Waals surface area contributed by atoms with Crippen LogP contribution < -0.4 is 5.32 Å². The van der Waals surface area contributed by atoms with Gasteiger partial charge in [0.1, 0.15) is 24.8 Å². The molecular weight excluding hydrogens is 384 g/mol. The summed E-state index contributed by atoms with van der Waals surface area (Å²) in [6.45, 7) is 8.25. The SMILES string of the molecule is Cc1cc(-c2ncnn3cc(COCC=O)cc23)ccc1CNC(=O)OC(C)(C)C. The number of nitrogens with one attached hydrogen (secondary N) is 1. The molecule has 0 unspecified atom stereocenters. The van der Waals surface area contributed by atoms with Gasteiger partial charge >= 0.3 is 6.09 Å². The van der Waals surface area contributed by atoms with Gasteiger partial charge in [-0.1, -0.05) is 12.1 Å². The summed E-state index contributed by atoms with van der Waals surface area (Å²) in [6, 6.07) is 7.92. The Bertz CT molecular complexity index is 1050. The van der Waals surface area contributed by atoms with E-state index in [-0.39, 0.29) is 6.61 Å². The van der Waals surface area contributed by atoms with Gasteiger partial charge in [0, 0.05) is 18.3 Å². The van der Waals surface area contributed by atoms with Crippen molar-refractivity contribution in [2.45, 2.75) is 46.4 Å². The van der Waals surface area contributed by atoms with E-state index in [1.165, 1.54) is 6.33 Å². The molecule has 1 amide bonds. The minimum Gasteiger partial charge on any atom is -0.444 e. The molecule has 8 nitrogen and oxygen atoms in total. The van der Waals surface area contributed by atoms with Gasteiger partial charge in [-0.25, -0.2) is 14.3 Å². The van der Waals surface area contributed by atoms with Crippen molar-refractivity contribution in [1.29, 1.82) is 0 Å². The van der Waals surface area contributed by atoms with E-state index < -0.39 is 11.7 Å². The maximum absolute atomic E-state index is 11.9. The Balaban J connectivity index is 1.78. The summed E-state index contributed by atoms with van der Waals surface area (Å²) < 4.78 is 12.3. The number of aryl methyl sites for hydroxylation is 1. The van der Waals surface area contributed by atoms with E-state index in [1.807, 2.05) is 58.2 Å². The van der Waals surface area contributed by atoms with E-state index in [2.05, 4.69) is 15.4 Å². The first-order chi connectivity index (χ1) is 14.3. The molecular formula is C22H26N4O4. The number of alkyl carbamates (subject to hydrolysis) is 1. The smallest absolute Gasteiger partial charge is 0.407 e. The Hall–Kier alpha value is -3.26. The highest BCUT2D eigenvalue weighted by Crippen LogP contribution is 2.25. The average Bonchev–Trinajstić information content (AvgIpc) is 3.08. The first-order valence-electron chi connectivity index (χ1n) is 9.67. The number of hydrogen-bond donors (Lipinski definition) is 1. The Kier molecular flexibility index (Phi) is 6.47. The van der Waals surface area contributed by atoms with Gasteiger partial charge in [0.05, 0.1) is 17.8 Å². The Labute approximate surface area is 175 Å². The molecule has 2 aromatic heterocycles. The summed E-state index contributed by atoms with van der Waals surface area (Å²) in [6.07, 6.45) is 3.65. The molecule has 0 aliphatic heterocycles. The van der Waals surface area contributed by atoms with Gasteiger partial charge in [-0.05, 0) is 56.5 Å². The molecule has 0 bridgehead atoms. The second kappa shape index (κ2) is 9.04. The lowest BCUT2D eigenvalue weighted by atomic mass is 10.0. The highest BCUT2D eigenvalue weighted by molar-refractivity contribution is 5.77. The van der Waals surface area contributed by atoms with Gasteiger partial charge in [-0.15, -0.1) is 0 Å². The first-order valence-corrected chi connectivity index (χ1v) is 9.67. The van der Waals surface area contributed by atoms with Gasteiger partial charge in [-0.2, -0.15) is 5.10 Å². The Morgan fingerprint density at radius 3 is 2.77 bits per heavy atom. The molecule has 158 valence electrons. The summed E-state index contributed by atoms with van der Waals surface area (Å²) in [5.41, 5.74) is 4.99. The van der Waals surface area contributed by atoms with Crippen LogP contribution in [-0.4, -0.2) is 39.2 Å². The van der Waals surface area contributed by atoms with E-state index in [1.54, 1.807) is 4.52 Å². The number of nitrogens with zero attached hydrogens (tertiary/aromatic N) is 3. The number of rotatable bonds is 7. The molecule has 8 heteroatoms. The fourth-order valence-electron chi connectivity index (χ4n) is 3.03. The largest absolute Gasteiger partial charge is 0.444 e. The Morgan fingerprint density at radius 2 is 2.07 bits per heavy atom. The van der Waals surface area contributed by atoms with Crippen LogP contribution in [0.25, 0.3) is 16.8 Å². The second-order valence-corrected chi connectivity index (χ2v) is 7.97. The summed E-state index contributed by atoms with van der Waals surface area (Å²) in [4.78, 5) is 26.8. The number of amides is 1. The van der Waals surface area contributed by atoms with Crippen molar-refractivity contribution >= 4 is 17.9 Å². The quantitative estimate of drug-likeness (QED) is 0.474. The number of carbonyl (C=O) groups is 2. The molecule has 3 rings (SSSR count). The van der Waals surface area contributed by atoms with Crippen molar-refractivity contribution in [3.63, 3.8) is 0 Å². The highest BCUT2D eigenvalue weighted by Gasteiger charge is 2.16. The molecule has 0 aliphatic rings. The highest BCUT2D eigenvalue weighted by atomic mass is 16.6. The van der Waals surface area contributed by atoms with E-state index in [0.717, 1.165) is 39.8 Å². The van der Waals surface area contributed by atoms with Crippen LogP contribution in [0.3, 0.4) is 0 Å². The van der Waals surface area contributed by atoms with Gasteiger partial charge < -0.3 is 19.6 Å². The summed E-state index contributed by atoms with van der Waals surface area (Å²) in [5, 5.41) is 7.04. The minimum atomic E-state index is -0.532. The molecule has 0 radical (unpaired) electrons. The third-order valence-corrected chi connectivity index (χ3v) is 4.36. The van der Waals surface area contributed by atoms with Gasteiger partial charge in [0.2, 0.25) is 0 Å². The molecule has 0 saturated heterocycles. The molecule has 1 aromatic carbocycles. The van der Waals surface area contributed by atoms with Crippen LogP contribution >= 0.6 is 0 Å². The molecule has 30 heavy (non-hydrogen) atoms. The van der Waals surface area contributed by atoms with Crippen LogP contribution in [-0.2, 0) is 27.4 Å². The lowest BCUT2D eigenvalue weighted by Crippen LogP contribution is -2.32. The summed E-state index contributed by atoms with van der Waals surface area (Å²) in [5.74, 6) is 0. The predicted octanol–water partition coefficient (Wildman–Crippen LogP) is 3.44. The zero-order chi connectivity index (χ0) is 21.7. The van der Waals surface area contributed by atoms with E-state index in [0.29, 0.717) is 13.2 Å². The zero-order valence-corrected chi connectivity index (χ0v) is 17.6. The molecule has 0 saturated carbocycles. The standard InChI is InChI=1S/C22H26N4O4/c1-15-9-17(5-6-18(15)11-23-21(28)30-22(2,3)4)20-19-10-16(13-29-8-7-27)12-26(19)25-14-24-20/h5-7,9-10,12,14H,8,11,13H2,1-4H3,(H,23,28). The lowest BCUT2D eigenvalue weighted by Gasteiger charge is -2.20.